The number of ether oxygens (including phenoxy) is 3. The van der Waals surface area contributed by atoms with Crippen molar-refractivity contribution >= 4 is 5.82 Å². The third kappa shape index (κ3) is 2.54. The predicted molar refractivity (Wildman–Crippen MR) is 101 cm³/mol. The molecule has 1 N–H and O–H groups in total. The van der Waals surface area contributed by atoms with Gasteiger partial charge in [0.05, 0.1) is 21.3 Å². The molecule has 2 aromatic carbocycles. The van der Waals surface area contributed by atoms with Gasteiger partial charge in [-0.3, -0.25) is 0 Å². The number of rotatable bonds is 5. The summed E-state index contributed by atoms with van der Waals surface area (Å²) in [7, 11) is 4.98. The number of hydrogen-bond donors (Lipinski definition) is 1. The fraction of sp³-hybridized carbons (Fsp3) is 0.250. The van der Waals surface area contributed by atoms with Crippen molar-refractivity contribution in [2.75, 3.05) is 33.2 Å². The number of benzene rings is 2. The SMILES string of the molecule is COc1ccc(-c2nn(-c3ccccc3OC)c3c2CCN3)c(OC)c1. The Bertz CT molecular complexity index is 949. The summed E-state index contributed by atoms with van der Waals surface area (Å²) in [5.74, 6) is 3.27. The van der Waals surface area contributed by atoms with Crippen LogP contribution in [0.15, 0.2) is 42.5 Å². The molecule has 134 valence electrons. The average Bonchev–Trinajstić information content (AvgIpc) is 3.30. The average molecular weight is 351 g/mol. The van der Waals surface area contributed by atoms with E-state index in [1.807, 2.05) is 47.1 Å². The summed E-state index contributed by atoms with van der Waals surface area (Å²) in [6, 6.07) is 13.7. The van der Waals surface area contributed by atoms with Gasteiger partial charge in [0.1, 0.15) is 34.4 Å². The highest BCUT2D eigenvalue weighted by Crippen LogP contribution is 2.40. The lowest BCUT2D eigenvalue weighted by Crippen LogP contribution is -2.05. The Morgan fingerprint density at radius 1 is 0.962 bits per heavy atom. The minimum atomic E-state index is 0.740. The molecule has 6 heteroatoms. The van der Waals surface area contributed by atoms with Crippen molar-refractivity contribution < 1.29 is 14.2 Å². The van der Waals surface area contributed by atoms with Crippen LogP contribution in [0.1, 0.15) is 5.56 Å². The molecule has 0 aliphatic carbocycles. The molecule has 2 heterocycles. The number of para-hydroxylation sites is 2. The molecule has 4 rings (SSSR count). The number of nitrogens with zero attached hydrogens (tertiary/aromatic N) is 2. The van der Waals surface area contributed by atoms with Crippen molar-refractivity contribution in [2.45, 2.75) is 6.42 Å². The highest BCUT2D eigenvalue weighted by Gasteiger charge is 2.26. The highest BCUT2D eigenvalue weighted by atomic mass is 16.5. The third-order valence-electron chi connectivity index (χ3n) is 4.63. The zero-order chi connectivity index (χ0) is 18.1. The van der Waals surface area contributed by atoms with Crippen molar-refractivity contribution in [3.8, 4) is 34.2 Å². The summed E-state index contributed by atoms with van der Waals surface area (Å²) < 4.78 is 18.3. The lowest BCUT2D eigenvalue weighted by Gasteiger charge is -2.11. The van der Waals surface area contributed by atoms with Crippen LogP contribution in [-0.2, 0) is 6.42 Å². The van der Waals surface area contributed by atoms with Crippen LogP contribution in [0.2, 0.25) is 0 Å². The van der Waals surface area contributed by atoms with Gasteiger partial charge in [-0.15, -0.1) is 0 Å². The number of fused-ring (bicyclic) bond motifs is 1. The zero-order valence-electron chi connectivity index (χ0n) is 15.1. The fourth-order valence-electron chi connectivity index (χ4n) is 3.36. The smallest absolute Gasteiger partial charge is 0.144 e. The molecule has 0 bridgehead atoms. The normalized spacial score (nSPS) is 12.4. The Morgan fingerprint density at radius 2 is 1.77 bits per heavy atom. The van der Waals surface area contributed by atoms with Gasteiger partial charge in [-0.05, 0) is 30.7 Å². The number of nitrogens with one attached hydrogen (secondary N) is 1. The molecule has 0 amide bonds. The van der Waals surface area contributed by atoms with Crippen LogP contribution in [0.4, 0.5) is 5.82 Å². The largest absolute Gasteiger partial charge is 0.497 e. The number of aromatic nitrogens is 2. The summed E-state index contributed by atoms with van der Waals surface area (Å²) in [5, 5.41) is 8.35. The van der Waals surface area contributed by atoms with Gasteiger partial charge in [0.25, 0.3) is 0 Å². The van der Waals surface area contributed by atoms with E-state index in [9.17, 15) is 0 Å². The second kappa shape index (κ2) is 6.63. The van der Waals surface area contributed by atoms with E-state index in [0.29, 0.717) is 0 Å². The Hall–Kier alpha value is -3.15. The molecule has 0 radical (unpaired) electrons. The minimum Gasteiger partial charge on any atom is -0.497 e. The van der Waals surface area contributed by atoms with Crippen molar-refractivity contribution in [2.24, 2.45) is 0 Å². The molecular weight excluding hydrogens is 330 g/mol. The maximum atomic E-state index is 5.59. The van der Waals surface area contributed by atoms with Crippen LogP contribution in [-0.4, -0.2) is 37.7 Å². The first-order valence-electron chi connectivity index (χ1n) is 8.48. The maximum absolute atomic E-state index is 5.59. The molecule has 0 fully saturated rings. The lowest BCUT2D eigenvalue weighted by molar-refractivity contribution is 0.395. The van der Waals surface area contributed by atoms with E-state index in [4.69, 9.17) is 19.3 Å². The monoisotopic (exact) mass is 351 g/mol. The molecule has 26 heavy (non-hydrogen) atoms. The highest BCUT2D eigenvalue weighted by molar-refractivity contribution is 5.77. The molecule has 1 aliphatic heterocycles. The van der Waals surface area contributed by atoms with E-state index >= 15 is 0 Å². The van der Waals surface area contributed by atoms with Crippen LogP contribution in [0, 0.1) is 0 Å². The summed E-state index contributed by atoms with van der Waals surface area (Å²) in [6.07, 6.45) is 0.912. The van der Waals surface area contributed by atoms with Gasteiger partial charge in [-0.2, -0.15) is 5.10 Å². The first-order valence-corrected chi connectivity index (χ1v) is 8.48. The predicted octanol–water partition coefficient (Wildman–Crippen LogP) is 3.53. The Kier molecular flexibility index (Phi) is 4.16. The molecule has 0 saturated heterocycles. The van der Waals surface area contributed by atoms with Crippen LogP contribution >= 0.6 is 0 Å². The summed E-state index contributed by atoms with van der Waals surface area (Å²) in [6.45, 7) is 0.883. The second-order valence-corrected chi connectivity index (χ2v) is 6.00. The van der Waals surface area contributed by atoms with Gasteiger partial charge in [-0.25, -0.2) is 4.68 Å². The Morgan fingerprint density at radius 3 is 2.54 bits per heavy atom. The quantitative estimate of drug-likeness (QED) is 0.762. The number of anilines is 1. The van der Waals surface area contributed by atoms with Crippen molar-refractivity contribution in [3.63, 3.8) is 0 Å². The molecule has 0 atom stereocenters. The standard InChI is InChI=1S/C20H21N3O3/c1-24-13-8-9-14(18(12-13)26-3)19-15-10-11-21-20(15)23(22-19)16-6-4-5-7-17(16)25-2/h4-9,12,21H,10-11H2,1-3H3. The molecule has 1 aromatic heterocycles. The van der Waals surface area contributed by atoms with Crippen LogP contribution in [0.3, 0.4) is 0 Å². The molecule has 3 aromatic rings. The van der Waals surface area contributed by atoms with Gasteiger partial charge < -0.3 is 19.5 Å². The maximum Gasteiger partial charge on any atom is 0.144 e. The van der Waals surface area contributed by atoms with Gasteiger partial charge in [-0.1, -0.05) is 12.1 Å². The fourth-order valence-corrected chi connectivity index (χ4v) is 3.36. The summed E-state index contributed by atoms with van der Waals surface area (Å²) >= 11 is 0. The van der Waals surface area contributed by atoms with E-state index in [2.05, 4.69) is 5.32 Å². The van der Waals surface area contributed by atoms with E-state index in [0.717, 1.165) is 53.0 Å². The van der Waals surface area contributed by atoms with E-state index in [1.54, 1.807) is 21.3 Å². The van der Waals surface area contributed by atoms with E-state index < -0.39 is 0 Å². The molecule has 6 nitrogen and oxygen atoms in total. The second-order valence-electron chi connectivity index (χ2n) is 6.00. The molecular formula is C20H21N3O3. The van der Waals surface area contributed by atoms with Gasteiger partial charge in [0, 0.05) is 23.7 Å². The van der Waals surface area contributed by atoms with Gasteiger partial charge in [0.2, 0.25) is 0 Å². The number of hydrogen-bond acceptors (Lipinski definition) is 5. The minimum absolute atomic E-state index is 0.740. The van der Waals surface area contributed by atoms with Crippen LogP contribution < -0.4 is 19.5 Å². The zero-order valence-corrected chi connectivity index (χ0v) is 15.1. The van der Waals surface area contributed by atoms with Crippen LogP contribution in [0.5, 0.6) is 17.2 Å². The van der Waals surface area contributed by atoms with E-state index in [1.165, 1.54) is 5.56 Å². The van der Waals surface area contributed by atoms with Gasteiger partial charge in [0.15, 0.2) is 0 Å². The lowest BCUT2D eigenvalue weighted by atomic mass is 10.1. The van der Waals surface area contributed by atoms with E-state index in [-0.39, 0.29) is 0 Å². The van der Waals surface area contributed by atoms with Crippen LogP contribution in [0.25, 0.3) is 16.9 Å². The number of methoxy groups -OCH3 is 3. The third-order valence-corrected chi connectivity index (χ3v) is 4.63. The molecule has 0 spiro atoms. The Balaban J connectivity index is 1.90. The summed E-state index contributed by atoms with van der Waals surface area (Å²) in [5.41, 5.74) is 3.94. The Labute approximate surface area is 152 Å². The molecule has 0 unspecified atom stereocenters. The molecule has 0 saturated carbocycles. The van der Waals surface area contributed by atoms with Crippen molar-refractivity contribution in [3.05, 3.63) is 48.0 Å². The first kappa shape index (κ1) is 16.3. The topological polar surface area (TPSA) is 57.5 Å². The first-order chi connectivity index (χ1) is 12.8. The molecule has 1 aliphatic rings. The summed E-state index contributed by atoms with van der Waals surface area (Å²) in [4.78, 5) is 0. The van der Waals surface area contributed by atoms with Gasteiger partial charge >= 0.3 is 0 Å². The van der Waals surface area contributed by atoms with Crippen molar-refractivity contribution in [1.82, 2.24) is 9.78 Å². The van der Waals surface area contributed by atoms with Crippen molar-refractivity contribution in [1.29, 1.82) is 0 Å².